The molecular formula is C34H44N2O2. The second-order valence-corrected chi connectivity index (χ2v) is 12.5. The molecule has 0 bridgehead atoms. The van der Waals surface area contributed by atoms with Gasteiger partial charge in [0.05, 0.1) is 12.2 Å². The van der Waals surface area contributed by atoms with Crippen molar-refractivity contribution in [2.24, 2.45) is 45.5 Å². The van der Waals surface area contributed by atoms with Gasteiger partial charge in [-0.1, -0.05) is 86.3 Å². The zero-order chi connectivity index (χ0) is 25.9. The van der Waals surface area contributed by atoms with Crippen LogP contribution in [0.15, 0.2) is 70.6 Å². The van der Waals surface area contributed by atoms with Gasteiger partial charge in [-0.3, -0.25) is 9.98 Å². The molecule has 0 amide bonds. The van der Waals surface area contributed by atoms with Gasteiger partial charge < -0.3 is 10.2 Å². The number of fused-ring (bicyclic) bond motifs is 2. The minimum atomic E-state index is -0.285. The summed E-state index contributed by atoms with van der Waals surface area (Å²) in [5.41, 5.74) is 2.28. The first-order valence-electron chi connectivity index (χ1n) is 15.2. The summed E-state index contributed by atoms with van der Waals surface area (Å²) >= 11 is 0. The first kappa shape index (κ1) is 26.0. The standard InChI is InChI=1S/C34H44N2O2/c37-33-27(19-17-23-13-7-15-29(23)33)21-35-31(25-9-3-1-4-10-25)32(26-11-5-2-6-12-26)36-22-28-20-18-24-14-8-16-30(24)34(28)38/h1-6,9-12,21-24,27-34,37-38H,7-8,13-20H2/t23?,24?,27?,28?,29?,30?,31-,32+,33?,34?. The zero-order valence-corrected chi connectivity index (χ0v) is 22.6. The molecule has 0 radical (unpaired) electrons. The fraction of sp³-hybridized carbons (Fsp3) is 0.588. The van der Waals surface area contributed by atoms with Gasteiger partial charge in [-0.15, -0.1) is 0 Å². The van der Waals surface area contributed by atoms with E-state index in [4.69, 9.17) is 9.98 Å². The largest absolute Gasteiger partial charge is 0.392 e. The van der Waals surface area contributed by atoms with Gasteiger partial charge in [0.15, 0.2) is 0 Å². The quantitative estimate of drug-likeness (QED) is 0.393. The Morgan fingerprint density at radius 3 is 1.39 bits per heavy atom. The SMILES string of the molecule is OC1C(C=N[C@H](c2ccccc2)[C@@H](N=CC2CCC3CCCC3C2O)c2ccccc2)CCC2CCCC21. The summed E-state index contributed by atoms with van der Waals surface area (Å²) in [6.07, 6.45) is 15.4. The van der Waals surface area contributed by atoms with Gasteiger partial charge in [0.1, 0.15) is 12.1 Å². The van der Waals surface area contributed by atoms with E-state index in [-0.39, 0.29) is 36.1 Å². The van der Waals surface area contributed by atoms with Crippen molar-refractivity contribution in [3.05, 3.63) is 71.8 Å². The van der Waals surface area contributed by atoms with E-state index in [1.54, 1.807) is 0 Å². The van der Waals surface area contributed by atoms with E-state index in [1.165, 1.54) is 38.5 Å². The van der Waals surface area contributed by atoms with Crippen LogP contribution in [0.4, 0.5) is 0 Å². The normalized spacial score (nSPS) is 36.8. The number of aliphatic hydroxyl groups excluding tert-OH is 2. The predicted molar refractivity (Wildman–Crippen MR) is 154 cm³/mol. The minimum absolute atomic E-state index is 0.112. The lowest BCUT2D eigenvalue weighted by atomic mass is 9.74. The molecule has 2 aromatic rings. The zero-order valence-electron chi connectivity index (χ0n) is 22.6. The molecular weight excluding hydrogens is 468 g/mol. The second kappa shape index (κ2) is 11.8. The van der Waals surface area contributed by atoms with Crippen LogP contribution in [0, 0.1) is 35.5 Å². The van der Waals surface area contributed by atoms with Gasteiger partial charge in [-0.2, -0.15) is 0 Å². The molecule has 6 rings (SSSR count). The van der Waals surface area contributed by atoms with E-state index in [0.29, 0.717) is 23.7 Å². The van der Waals surface area contributed by atoms with Gasteiger partial charge in [0.2, 0.25) is 0 Å². The number of nitrogens with zero attached hydrogens (tertiary/aromatic N) is 2. The molecule has 0 heterocycles. The Hall–Kier alpha value is -2.30. The van der Waals surface area contributed by atoms with Crippen molar-refractivity contribution in [3.63, 3.8) is 0 Å². The van der Waals surface area contributed by atoms with Crippen molar-refractivity contribution in [1.29, 1.82) is 0 Å². The lowest BCUT2D eigenvalue weighted by Crippen LogP contribution is -2.37. The lowest BCUT2D eigenvalue weighted by molar-refractivity contribution is 0.0243. The molecule has 0 saturated heterocycles. The van der Waals surface area contributed by atoms with Gasteiger partial charge in [-0.25, -0.2) is 0 Å². The summed E-state index contributed by atoms with van der Waals surface area (Å²) in [4.78, 5) is 10.5. The highest BCUT2D eigenvalue weighted by atomic mass is 16.3. The van der Waals surface area contributed by atoms with Gasteiger partial charge >= 0.3 is 0 Å². The van der Waals surface area contributed by atoms with E-state index in [9.17, 15) is 10.2 Å². The highest BCUT2D eigenvalue weighted by molar-refractivity contribution is 5.64. The van der Waals surface area contributed by atoms with E-state index >= 15 is 0 Å². The lowest BCUT2D eigenvalue weighted by Gasteiger charge is -2.36. The summed E-state index contributed by atoms with van der Waals surface area (Å²) in [5, 5.41) is 22.4. The smallest absolute Gasteiger partial charge is 0.101 e. The molecule has 0 spiro atoms. The van der Waals surface area contributed by atoms with Crippen LogP contribution in [0.2, 0.25) is 0 Å². The van der Waals surface area contributed by atoms with Crippen LogP contribution in [0.25, 0.3) is 0 Å². The predicted octanol–water partition coefficient (Wildman–Crippen LogP) is 6.99. The van der Waals surface area contributed by atoms with Crippen molar-refractivity contribution in [2.45, 2.75) is 88.5 Å². The highest BCUT2D eigenvalue weighted by Crippen LogP contribution is 2.46. The Labute approximate surface area is 228 Å². The second-order valence-electron chi connectivity index (χ2n) is 12.5. The molecule has 8 unspecified atom stereocenters. The molecule has 4 aliphatic rings. The molecule has 0 aromatic heterocycles. The van der Waals surface area contributed by atoms with Crippen LogP contribution >= 0.6 is 0 Å². The summed E-state index contributed by atoms with van der Waals surface area (Å²) in [5.74, 6) is 2.49. The fourth-order valence-corrected chi connectivity index (χ4v) is 8.27. The maximum Gasteiger partial charge on any atom is 0.101 e. The number of rotatable bonds is 7. The number of aliphatic imine (C=N–C) groups is 2. The first-order valence-corrected chi connectivity index (χ1v) is 15.2. The first-order chi connectivity index (χ1) is 18.7. The van der Waals surface area contributed by atoms with E-state index < -0.39 is 0 Å². The molecule has 2 N–H and O–H groups in total. The van der Waals surface area contributed by atoms with E-state index in [0.717, 1.165) is 36.8 Å². The molecule has 4 fully saturated rings. The van der Waals surface area contributed by atoms with Gasteiger partial charge in [0, 0.05) is 24.3 Å². The summed E-state index contributed by atoms with van der Waals surface area (Å²) < 4.78 is 0. The Bertz CT molecular complexity index is 999. The summed E-state index contributed by atoms with van der Waals surface area (Å²) in [7, 11) is 0. The number of aliphatic hydroxyl groups is 2. The van der Waals surface area contributed by atoms with Crippen molar-refractivity contribution < 1.29 is 10.2 Å². The molecule has 4 aliphatic carbocycles. The number of benzene rings is 2. The van der Waals surface area contributed by atoms with Crippen molar-refractivity contribution in [1.82, 2.24) is 0 Å². The monoisotopic (exact) mass is 512 g/mol. The maximum absolute atomic E-state index is 11.2. The van der Waals surface area contributed by atoms with Crippen molar-refractivity contribution in [2.75, 3.05) is 0 Å². The van der Waals surface area contributed by atoms with Crippen LogP contribution < -0.4 is 0 Å². The van der Waals surface area contributed by atoms with Crippen LogP contribution in [-0.2, 0) is 0 Å². The number of hydrogen-bond acceptors (Lipinski definition) is 4. The molecule has 4 nitrogen and oxygen atoms in total. The average Bonchev–Trinajstić information content (AvgIpc) is 3.64. The molecule has 10 atom stereocenters. The third kappa shape index (κ3) is 5.40. The molecule has 2 aromatic carbocycles. The Morgan fingerprint density at radius 1 is 0.553 bits per heavy atom. The third-order valence-electron chi connectivity index (χ3n) is 10.4. The van der Waals surface area contributed by atoms with Crippen LogP contribution in [0.5, 0.6) is 0 Å². The van der Waals surface area contributed by atoms with Crippen LogP contribution in [-0.4, -0.2) is 34.9 Å². The Balaban J connectivity index is 1.30. The third-order valence-corrected chi connectivity index (χ3v) is 10.4. The Morgan fingerprint density at radius 2 is 0.974 bits per heavy atom. The van der Waals surface area contributed by atoms with Crippen LogP contribution in [0.3, 0.4) is 0 Å². The molecule has 4 heteroatoms. The topological polar surface area (TPSA) is 65.2 Å². The molecule has 202 valence electrons. The fourth-order valence-electron chi connectivity index (χ4n) is 8.27. The molecule has 38 heavy (non-hydrogen) atoms. The Kier molecular flexibility index (Phi) is 8.08. The average molecular weight is 513 g/mol. The number of hydrogen-bond donors (Lipinski definition) is 2. The minimum Gasteiger partial charge on any atom is -0.392 e. The maximum atomic E-state index is 11.2. The van der Waals surface area contributed by atoms with Crippen molar-refractivity contribution >= 4 is 12.4 Å². The molecule has 4 saturated carbocycles. The summed E-state index contributed by atoms with van der Waals surface area (Å²) in [6, 6.07) is 20.6. The van der Waals surface area contributed by atoms with E-state index in [2.05, 4.69) is 61.0 Å². The summed E-state index contributed by atoms with van der Waals surface area (Å²) in [6.45, 7) is 0. The van der Waals surface area contributed by atoms with Crippen LogP contribution in [0.1, 0.15) is 87.4 Å². The molecule has 0 aliphatic heterocycles. The van der Waals surface area contributed by atoms with Gasteiger partial charge in [-0.05, 0) is 73.3 Å². The van der Waals surface area contributed by atoms with E-state index in [1.807, 2.05) is 12.1 Å². The van der Waals surface area contributed by atoms with Gasteiger partial charge in [0.25, 0.3) is 0 Å². The highest BCUT2D eigenvalue weighted by Gasteiger charge is 2.41. The van der Waals surface area contributed by atoms with Crippen molar-refractivity contribution in [3.8, 4) is 0 Å².